The van der Waals surface area contributed by atoms with Gasteiger partial charge in [-0.1, -0.05) is 12.1 Å². The number of amides is 1. The molecule has 0 bridgehead atoms. The summed E-state index contributed by atoms with van der Waals surface area (Å²) < 4.78 is 12.5. The standard InChI is InChI=1S/C18H19N3O3/c1-13-5-6-14(2)17(10-13)24-12-21-8-7-16(20-21)18(22)19-11-15-4-3-9-23-15/h3-10H,11-12H2,1-2H3,(H,19,22). The van der Waals surface area contributed by atoms with Gasteiger partial charge in [0.25, 0.3) is 5.91 Å². The summed E-state index contributed by atoms with van der Waals surface area (Å²) in [6.45, 7) is 4.58. The lowest BCUT2D eigenvalue weighted by molar-refractivity contribution is 0.0941. The molecule has 0 aliphatic heterocycles. The molecular formula is C18H19N3O3. The summed E-state index contributed by atoms with van der Waals surface area (Å²) in [6.07, 6.45) is 3.29. The average molecular weight is 325 g/mol. The number of rotatable bonds is 6. The Kier molecular flexibility index (Phi) is 4.65. The number of carbonyl (C=O) groups is 1. The lowest BCUT2D eigenvalue weighted by Crippen LogP contribution is -2.23. The van der Waals surface area contributed by atoms with Gasteiger partial charge in [-0.3, -0.25) is 4.79 Å². The van der Waals surface area contributed by atoms with Crippen LogP contribution in [-0.4, -0.2) is 15.7 Å². The van der Waals surface area contributed by atoms with Crippen molar-refractivity contribution in [2.45, 2.75) is 27.1 Å². The zero-order chi connectivity index (χ0) is 16.9. The molecule has 0 aliphatic carbocycles. The van der Waals surface area contributed by atoms with Gasteiger partial charge in [0.05, 0.1) is 12.8 Å². The van der Waals surface area contributed by atoms with Crippen LogP contribution in [0.3, 0.4) is 0 Å². The highest BCUT2D eigenvalue weighted by Crippen LogP contribution is 2.19. The van der Waals surface area contributed by atoms with Crippen molar-refractivity contribution >= 4 is 5.91 Å². The Balaban J connectivity index is 1.57. The van der Waals surface area contributed by atoms with Gasteiger partial charge < -0.3 is 14.5 Å². The molecule has 3 aromatic rings. The van der Waals surface area contributed by atoms with Gasteiger partial charge in [0.1, 0.15) is 17.2 Å². The van der Waals surface area contributed by atoms with E-state index < -0.39 is 0 Å². The molecule has 0 aliphatic rings. The maximum absolute atomic E-state index is 12.1. The van der Waals surface area contributed by atoms with Crippen LogP contribution < -0.4 is 10.1 Å². The Labute approximate surface area is 140 Å². The Bertz CT molecular complexity index is 822. The lowest BCUT2D eigenvalue weighted by Gasteiger charge is -2.09. The van der Waals surface area contributed by atoms with Crippen LogP contribution >= 0.6 is 0 Å². The molecule has 6 nitrogen and oxygen atoms in total. The fourth-order valence-corrected chi connectivity index (χ4v) is 2.22. The van der Waals surface area contributed by atoms with Crippen molar-refractivity contribution in [3.8, 4) is 5.75 Å². The average Bonchev–Trinajstić information content (AvgIpc) is 3.25. The molecule has 1 aromatic carbocycles. The van der Waals surface area contributed by atoms with Gasteiger partial charge >= 0.3 is 0 Å². The summed E-state index contributed by atoms with van der Waals surface area (Å²) in [5.74, 6) is 1.26. The van der Waals surface area contributed by atoms with E-state index >= 15 is 0 Å². The number of benzene rings is 1. The van der Waals surface area contributed by atoms with Gasteiger partial charge in [-0.15, -0.1) is 0 Å². The molecule has 24 heavy (non-hydrogen) atoms. The normalized spacial score (nSPS) is 10.6. The van der Waals surface area contributed by atoms with E-state index in [1.54, 1.807) is 35.3 Å². The quantitative estimate of drug-likeness (QED) is 0.756. The minimum absolute atomic E-state index is 0.246. The van der Waals surface area contributed by atoms with Gasteiger partial charge in [-0.05, 0) is 49.2 Å². The number of carbonyl (C=O) groups excluding carboxylic acids is 1. The van der Waals surface area contributed by atoms with Gasteiger partial charge in [0.15, 0.2) is 6.73 Å². The van der Waals surface area contributed by atoms with Crippen molar-refractivity contribution in [2.75, 3.05) is 0 Å². The number of furan rings is 1. The number of aryl methyl sites for hydroxylation is 2. The number of aromatic nitrogens is 2. The second-order valence-corrected chi connectivity index (χ2v) is 5.54. The van der Waals surface area contributed by atoms with Crippen molar-refractivity contribution in [1.82, 2.24) is 15.1 Å². The molecule has 3 rings (SSSR count). The summed E-state index contributed by atoms with van der Waals surface area (Å²) in [5, 5.41) is 6.98. The molecule has 2 aromatic heterocycles. The number of nitrogens with zero attached hydrogens (tertiary/aromatic N) is 2. The third kappa shape index (κ3) is 3.84. The molecule has 2 heterocycles. The minimum atomic E-state index is -0.253. The van der Waals surface area contributed by atoms with Crippen molar-refractivity contribution in [3.63, 3.8) is 0 Å². The highest BCUT2D eigenvalue weighted by atomic mass is 16.5. The van der Waals surface area contributed by atoms with Crippen molar-refractivity contribution in [1.29, 1.82) is 0 Å². The zero-order valence-corrected chi connectivity index (χ0v) is 13.7. The first-order valence-corrected chi connectivity index (χ1v) is 7.66. The van der Waals surface area contributed by atoms with E-state index in [1.165, 1.54) is 0 Å². The summed E-state index contributed by atoms with van der Waals surface area (Å²) >= 11 is 0. The van der Waals surface area contributed by atoms with E-state index in [-0.39, 0.29) is 12.6 Å². The van der Waals surface area contributed by atoms with Crippen LogP contribution in [-0.2, 0) is 13.3 Å². The summed E-state index contributed by atoms with van der Waals surface area (Å²) in [6, 6.07) is 11.3. The van der Waals surface area contributed by atoms with E-state index in [0.717, 1.165) is 16.9 Å². The van der Waals surface area contributed by atoms with Crippen LogP contribution in [0, 0.1) is 13.8 Å². The van der Waals surface area contributed by atoms with E-state index in [9.17, 15) is 4.79 Å². The van der Waals surface area contributed by atoms with Crippen LogP contribution in [0.15, 0.2) is 53.3 Å². The van der Waals surface area contributed by atoms with Gasteiger partial charge in [-0.2, -0.15) is 5.10 Å². The van der Waals surface area contributed by atoms with Gasteiger partial charge in [0, 0.05) is 6.20 Å². The Hall–Kier alpha value is -3.02. The third-order valence-electron chi connectivity index (χ3n) is 3.57. The predicted molar refractivity (Wildman–Crippen MR) is 88.6 cm³/mol. The van der Waals surface area contributed by atoms with Crippen LogP contribution in [0.4, 0.5) is 0 Å². The Morgan fingerprint density at radius 2 is 2.17 bits per heavy atom. The van der Waals surface area contributed by atoms with Crippen LogP contribution in [0.2, 0.25) is 0 Å². The summed E-state index contributed by atoms with van der Waals surface area (Å²) in [5.41, 5.74) is 2.53. The van der Waals surface area contributed by atoms with Crippen molar-refractivity contribution < 1.29 is 13.9 Å². The predicted octanol–water partition coefficient (Wildman–Crippen LogP) is 3.06. The molecule has 0 saturated heterocycles. The summed E-state index contributed by atoms with van der Waals surface area (Å²) in [4.78, 5) is 12.1. The van der Waals surface area contributed by atoms with E-state index in [4.69, 9.17) is 9.15 Å². The second kappa shape index (κ2) is 7.04. The molecule has 1 amide bonds. The summed E-state index contributed by atoms with van der Waals surface area (Å²) in [7, 11) is 0. The lowest BCUT2D eigenvalue weighted by atomic mass is 10.1. The molecule has 0 saturated carbocycles. The largest absolute Gasteiger partial charge is 0.471 e. The number of hydrogen-bond acceptors (Lipinski definition) is 4. The Morgan fingerprint density at radius 1 is 1.29 bits per heavy atom. The third-order valence-corrected chi connectivity index (χ3v) is 3.57. The second-order valence-electron chi connectivity index (χ2n) is 5.54. The molecule has 124 valence electrons. The van der Waals surface area contributed by atoms with E-state index in [0.29, 0.717) is 18.0 Å². The Morgan fingerprint density at radius 3 is 2.96 bits per heavy atom. The maximum atomic E-state index is 12.1. The van der Waals surface area contributed by atoms with Crippen LogP contribution in [0.25, 0.3) is 0 Å². The van der Waals surface area contributed by atoms with Crippen molar-refractivity contribution in [2.24, 2.45) is 0 Å². The van der Waals surface area contributed by atoms with E-state index in [2.05, 4.69) is 10.4 Å². The van der Waals surface area contributed by atoms with Gasteiger partial charge in [-0.25, -0.2) is 4.68 Å². The molecule has 1 N–H and O–H groups in total. The molecule has 0 radical (unpaired) electrons. The first-order valence-electron chi connectivity index (χ1n) is 7.66. The monoisotopic (exact) mass is 325 g/mol. The topological polar surface area (TPSA) is 69.3 Å². The zero-order valence-electron chi connectivity index (χ0n) is 13.7. The molecule has 0 spiro atoms. The molecule has 0 atom stereocenters. The van der Waals surface area contributed by atoms with Crippen molar-refractivity contribution in [3.05, 3.63) is 71.4 Å². The number of ether oxygens (including phenoxy) is 1. The van der Waals surface area contributed by atoms with Gasteiger partial charge in [0.2, 0.25) is 0 Å². The molecule has 6 heteroatoms. The molecule has 0 fully saturated rings. The SMILES string of the molecule is Cc1ccc(C)c(OCn2ccc(C(=O)NCc3ccco3)n2)c1. The highest BCUT2D eigenvalue weighted by molar-refractivity contribution is 5.92. The first kappa shape index (κ1) is 15.9. The van der Waals surface area contributed by atoms with Crippen LogP contribution in [0.5, 0.6) is 5.75 Å². The first-order chi connectivity index (χ1) is 11.6. The molecule has 0 unspecified atom stereocenters. The minimum Gasteiger partial charge on any atom is -0.471 e. The van der Waals surface area contributed by atoms with Crippen LogP contribution in [0.1, 0.15) is 27.4 Å². The fourth-order valence-electron chi connectivity index (χ4n) is 2.22. The maximum Gasteiger partial charge on any atom is 0.272 e. The molecular weight excluding hydrogens is 306 g/mol. The number of nitrogens with one attached hydrogen (secondary N) is 1. The fraction of sp³-hybridized carbons (Fsp3) is 0.222. The highest BCUT2D eigenvalue weighted by Gasteiger charge is 2.10. The smallest absolute Gasteiger partial charge is 0.272 e. The number of hydrogen-bond donors (Lipinski definition) is 1. The van der Waals surface area contributed by atoms with E-state index in [1.807, 2.05) is 32.0 Å².